The molecule has 1 aliphatic carbocycles. The molecule has 0 spiro atoms. The van der Waals surface area contributed by atoms with E-state index in [1.807, 2.05) is 0 Å². The summed E-state index contributed by atoms with van der Waals surface area (Å²) in [5, 5.41) is 0. The normalized spacial score (nSPS) is 25.2. The van der Waals surface area contributed by atoms with E-state index in [9.17, 15) is 0 Å². The molecule has 2 fully saturated rings. The van der Waals surface area contributed by atoms with Crippen LogP contribution in [0.5, 0.6) is 0 Å². The van der Waals surface area contributed by atoms with Crippen LogP contribution in [0.4, 0.5) is 5.69 Å². The van der Waals surface area contributed by atoms with E-state index in [-0.39, 0.29) is 0 Å². The average molecular weight is 258 g/mol. The molecule has 1 saturated carbocycles. The van der Waals surface area contributed by atoms with Crippen molar-refractivity contribution in [1.29, 1.82) is 0 Å². The molecule has 0 bridgehead atoms. The molecule has 19 heavy (non-hydrogen) atoms. The highest BCUT2D eigenvalue weighted by Gasteiger charge is 2.32. The summed E-state index contributed by atoms with van der Waals surface area (Å²) in [4.78, 5) is 2.71. The minimum Gasteiger partial charge on any atom is -0.399 e. The lowest BCUT2D eigenvalue weighted by atomic mass is 9.95. The van der Waals surface area contributed by atoms with E-state index in [2.05, 4.69) is 30.0 Å². The van der Waals surface area contributed by atoms with Crippen molar-refractivity contribution in [3.05, 3.63) is 29.3 Å². The van der Waals surface area contributed by atoms with Crippen molar-refractivity contribution in [3.8, 4) is 0 Å². The van der Waals surface area contributed by atoms with E-state index in [1.165, 1.54) is 56.2 Å². The number of benzene rings is 1. The molecule has 0 aromatic heterocycles. The molecular formula is C17H26N2. The highest BCUT2D eigenvalue weighted by Crippen LogP contribution is 2.36. The third kappa shape index (κ3) is 2.79. The quantitative estimate of drug-likeness (QED) is 0.837. The second kappa shape index (κ2) is 5.54. The lowest BCUT2D eigenvalue weighted by molar-refractivity contribution is 0.183. The Bertz CT molecular complexity index is 435. The van der Waals surface area contributed by atoms with Gasteiger partial charge in [-0.3, -0.25) is 4.90 Å². The average Bonchev–Trinajstić information content (AvgIpc) is 3.04. The van der Waals surface area contributed by atoms with Gasteiger partial charge in [-0.2, -0.15) is 0 Å². The van der Waals surface area contributed by atoms with Crippen molar-refractivity contribution in [2.75, 3.05) is 12.3 Å². The molecule has 3 rings (SSSR count). The third-order valence-electron chi connectivity index (χ3n) is 5.09. The molecule has 1 unspecified atom stereocenters. The van der Waals surface area contributed by atoms with Crippen LogP contribution in [0.2, 0.25) is 0 Å². The first-order valence-electron chi connectivity index (χ1n) is 7.83. The van der Waals surface area contributed by atoms with Crippen molar-refractivity contribution in [2.45, 2.75) is 58.0 Å². The number of hydrogen-bond donors (Lipinski definition) is 1. The largest absolute Gasteiger partial charge is 0.399 e. The fourth-order valence-corrected chi connectivity index (χ4v) is 3.95. The zero-order valence-corrected chi connectivity index (χ0v) is 12.1. The highest BCUT2D eigenvalue weighted by atomic mass is 15.2. The molecule has 1 aliphatic heterocycles. The molecular weight excluding hydrogens is 232 g/mol. The molecule has 2 nitrogen and oxygen atoms in total. The molecule has 2 aliphatic rings. The Morgan fingerprint density at radius 2 is 1.95 bits per heavy atom. The van der Waals surface area contributed by atoms with Crippen molar-refractivity contribution >= 4 is 5.69 Å². The van der Waals surface area contributed by atoms with Crippen molar-refractivity contribution in [1.82, 2.24) is 4.90 Å². The second-order valence-corrected chi connectivity index (χ2v) is 6.42. The van der Waals surface area contributed by atoms with E-state index in [4.69, 9.17) is 5.73 Å². The zero-order valence-electron chi connectivity index (χ0n) is 12.1. The van der Waals surface area contributed by atoms with Crippen LogP contribution in [0.3, 0.4) is 0 Å². The number of aryl methyl sites for hydroxylation is 1. The molecule has 1 aromatic carbocycles. The molecule has 1 atom stereocenters. The van der Waals surface area contributed by atoms with Gasteiger partial charge in [0, 0.05) is 18.3 Å². The fourth-order valence-electron chi connectivity index (χ4n) is 3.95. The molecule has 1 heterocycles. The van der Waals surface area contributed by atoms with E-state index in [1.54, 1.807) is 0 Å². The predicted molar refractivity (Wildman–Crippen MR) is 81.0 cm³/mol. The summed E-state index contributed by atoms with van der Waals surface area (Å²) in [5.41, 5.74) is 9.55. The minimum absolute atomic E-state index is 0.838. The van der Waals surface area contributed by atoms with Gasteiger partial charge in [0.15, 0.2) is 0 Å². The van der Waals surface area contributed by atoms with Crippen LogP contribution in [0, 0.1) is 12.8 Å². The van der Waals surface area contributed by atoms with Gasteiger partial charge in [0.1, 0.15) is 0 Å². The first kappa shape index (κ1) is 13.0. The molecule has 0 amide bonds. The van der Waals surface area contributed by atoms with Crippen LogP contribution < -0.4 is 5.73 Å². The maximum Gasteiger partial charge on any atom is 0.0346 e. The van der Waals surface area contributed by atoms with Crippen LogP contribution in [-0.4, -0.2) is 17.5 Å². The zero-order chi connectivity index (χ0) is 13.2. The summed E-state index contributed by atoms with van der Waals surface area (Å²) in [7, 11) is 0. The molecule has 0 radical (unpaired) electrons. The van der Waals surface area contributed by atoms with Gasteiger partial charge in [0.25, 0.3) is 0 Å². The number of anilines is 1. The smallest absolute Gasteiger partial charge is 0.0346 e. The summed E-state index contributed by atoms with van der Waals surface area (Å²) in [5.74, 6) is 0.963. The Labute approximate surface area is 117 Å². The third-order valence-corrected chi connectivity index (χ3v) is 5.09. The van der Waals surface area contributed by atoms with E-state index < -0.39 is 0 Å². The number of hydrogen-bond acceptors (Lipinski definition) is 2. The van der Waals surface area contributed by atoms with Crippen molar-refractivity contribution < 1.29 is 0 Å². The first-order valence-corrected chi connectivity index (χ1v) is 7.83. The van der Waals surface area contributed by atoms with Crippen LogP contribution in [0.15, 0.2) is 18.2 Å². The van der Waals surface area contributed by atoms with E-state index in [0.717, 1.165) is 24.2 Å². The SMILES string of the molecule is Cc1ccc(CN2CCCC2C2CCCC2)cc1N. The standard InChI is InChI=1S/C17H26N2/c1-13-8-9-14(11-16(13)18)12-19-10-4-7-17(19)15-5-2-3-6-15/h8-9,11,15,17H,2-7,10,12,18H2,1H3. The van der Waals surface area contributed by atoms with Crippen LogP contribution >= 0.6 is 0 Å². The van der Waals surface area contributed by atoms with Gasteiger partial charge < -0.3 is 5.73 Å². The minimum atomic E-state index is 0.838. The monoisotopic (exact) mass is 258 g/mol. The molecule has 2 heteroatoms. The number of nitrogens with two attached hydrogens (primary N) is 1. The lowest BCUT2D eigenvalue weighted by Gasteiger charge is -2.29. The molecule has 2 N–H and O–H groups in total. The summed E-state index contributed by atoms with van der Waals surface area (Å²) < 4.78 is 0. The number of likely N-dealkylation sites (tertiary alicyclic amines) is 1. The number of rotatable bonds is 3. The first-order chi connectivity index (χ1) is 9.24. The fraction of sp³-hybridized carbons (Fsp3) is 0.647. The predicted octanol–water partition coefficient (Wildman–Crippen LogP) is 3.73. The molecule has 104 valence electrons. The van der Waals surface area contributed by atoms with Gasteiger partial charge in [-0.15, -0.1) is 0 Å². The summed E-state index contributed by atoms with van der Waals surface area (Å²) >= 11 is 0. The number of nitrogens with zero attached hydrogens (tertiary/aromatic N) is 1. The van der Waals surface area contributed by atoms with Gasteiger partial charge in [0.2, 0.25) is 0 Å². The van der Waals surface area contributed by atoms with Crippen LogP contribution in [0.25, 0.3) is 0 Å². The van der Waals surface area contributed by atoms with Gasteiger partial charge >= 0.3 is 0 Å². The van der Waals surface area contributed by atoms with E-state index in [0.29, 0.717) is 0 Å². The van der Waals surface area contributed by atoms with Crippen molar-refractivity contribution in [2.24, 2.45) is 5.92 Å². The topological polar surface area (TPSA) is 29.3 Å². The van der Waals surface area contributed by atoms with Gasteiger partial charge in [-0.25, -0.2) is 0 Å². The van der Waals surface area contributed by atoms with Gasteiger partial charge in [-0.05, 0) is 62.3 Å². The molecule has 1 saturated heterocycles. The maximum absolute atomic E-state index is 6.03. The van der Waals surface area contributed by atoms with Gasteiger partial charge in [-0.1, -0.05) is 25.0 Å². The second-order valence-electron chi connectivity index (χ2n) is 6.42. The summed E-state index contributed by atoms with van der Waals surface area (Å²) in [6.07, 6.45) is 8.60. The number of nitrogen functional groups attached to an aromatic ring is 1. The Balaban J connectivity index is 1.69. The Kier molecular flexibility index (Phi) is 3.79. The van der Waals surface area contributed by atoms with Gasteiger partial charge in [0.05, 0.1) is 0 Å². The maximum atomic E-state index is 6.03. The summed E-state index contributed by atoms with van der Waals surface area (Å²) in [6, 6.07) is 7.41. The Morgan fingerprint density at radius 3 is 2.68 bits per heavy atom. The lowest BCUT2D eigenvalue weighted by Crippen LogP contribution is -2.34. The summed E-state index contributed by atoms with van der Waals surface area (Å²) in [6.45, 7) is 4.44. The highest BCUT2D eigenvalue weighted by molar-refractivity contribution is 5.48. The van der Waals surface area contributed by atoms with E-state index >= 15 is 0 Å². The Morgan fingerprint density at radius 1 is 1.16 bits per heavy atom. The van der Waals surface area contributed by atoms with Crippen LogP contribution in [0.1, 0.15) is 49.7 Å². The van der Waals surface area contributed by atoms with Crippen LogP contribution in [-0.2, 0) is 6.54 Å². The Hall–Kier alpha value is -1.02. The van der Waals surface area contributed by atoms with Crippen molar-refractivity contribution in [3.63, 3.8) is 0 Å². The molecule has 1 aromatic rings.